The fourth-order valence-electron chi connectivity index (χ4n) is 0.999. The molecule has 5 heteroatoms. The van der Waals surface area contributed by atoms with Crippen molar-refractivity contribution in [3.63, 3.8) is 0 Å². The van der Waals surface area contributed by atoms with Crippen molar-refractivity contribution in [2.24, 2.45) is 0 Å². The molecule has 1 aromatic carbocycles. The lowest BCUT2D eigenvalue weighted by Crippen LogP contribution is -2.17. The predicted molar refractivity (Wildman–Crippen MR) is 50.5 cm³/mol. The van der Waals surface area contributed by atoms with Crippen molar-refractivity contribution >= 4 is 11.6 Å². The van der Waals surface area contributed by atoms with Gasteiger partial charge in [-0.2, -0.15) is 5.26 Å². The average Bonchev–Trinajstić information content (AvgIpc) is 2.18. The molecule has 0 saturated carbocycles. The number of carbonyl (C=O) groups is 1. The summed E-state index contributed by atoms with van der Waals surface area (Å²) in [6.07, 6.45) is 1.54. The molecule has 1 rings (SSSR count). The molecule has 1 aromatic rings. The second-order valence-corrected chi connectivity index (χ2v) is 2.52. The molecule has 0 saturated heterocycles. The maximum atomic E-state index is 11.2. The third-order valence-corrected chi connectivity index (χ3v) is 1.66. The lowest BCUT2D eigenvalue weighted by atomic mass is 10.2. The van der Waals surface area contributed by atoms with Crippen LogP contribution in [0.1, 0.15) is 10.4 Å². The smallest absolute Gasteiger partial charge is 0.264 e. The number of rotatable bonds is 2. The van der Waals surface area contributed by atoms with Crippen LogP contribution >= 0.6 is 0 Å². The van der Waals surface area contributed by atoms with Gasteiger partial charge in [0.2, 0.25) is 0 Å². The van der Waals surface area contributed by atoms with Gasteiger partial charge in [-0.05, 0) is 18.2 Å². The van der Waals surface area contributed by atoms with Crippen molar-refractivity contribution in [2.75, 3.05) is 12.8 Å². The van der Waals surface area contributed by atoms with Crippen LogP contribution < -0.4 is 15.8 Å². The maximum absolute atomic E-state index is 11.2. The lowest BCUT2D eigenvalue weighted by Gasteiger charge is -2.05. The zero-order valence-corrected chi connectivity index (χ0v) is 7.57. The van der Waals surface area contributed by atoms with Gasteiger partial charge in [0, 0.05) is 5.56 Å². The summed E-state index contributed by atoms with van der Waals surface area (Å²) in [7, 11) is 1.49. The van der Waals surface area contributed by atoms with Crippen molar-refractivity contribution in [1.82, 2.24) is 5.32 Å². The molecule has 0 spiro atoms. The Labute approximate surface area is 81.1 Å². The Bertz CT molecular complexity index is 396. The number of nitrogens with one attached hydrogen (secondary N) is 1. The number of methoxy groups -OCH3 is 1. The van der Waals surface area contributed by atoms with E-state index in [-0.39, 0.29) is 0 Å². The first-order valence-corrected chi connectivity index (χ1v) is 3.82. The Morgan fingerprint density at radius 1 is 1.64 bits per heavy atom. The Hall–Kier alpha value is -2.22. The van der Waals surface area contributed by atoms with Gasteiger partial charge < -0.3 is 10.5 Å². The van der Waals surface area contributed by atoms with E-state index in [4.69, 9.17) is 15.7 Å². The van der Waals surface area contributed by atoms with E-state index in [0.717, 1.165) is 0 Å². The van der Waals surface area contributed by atoms with E-state index in [2.05, 4.69) is 0 Å². The minimum absolute atomic E-state index is 0.324. The fraction of sp³-hybridized carbons (Fsp3) is 0.111. The van der Waals surface area contributed by atoms with Gasteiger partial charge in [0.05, 0.1) is 12.8 Å². The van der Waals surface area contributed by atoms with Crippen molar-refractivity contribution < 1.29 is 9.53 Å². The largest absolute Gasteiger partial charge is 0.495 e. The fourth-order valence-corrected chi connectivity index (χ4v) is 0.999. The van der Waals surface area contributed by atoms with Gasteiger partial charge in [-0.3, -0.25) is 10.1 Å². The Morgan fingerprint density at radius 2 is 2.36 bits per heavy atom. The molecule has 0 bridgehead atoms. The molecule has 0 fully saturated rings. The molecular formula is C9H9N3O2. The number of amides is 1. The van der Waals surface area contributed by atoms with Crippen molar-refractivity contribution in [2.45, 2.75) is 0 Å². The highest BCUT2D eigenvalue weighted by Crippen LogP contribution is 2.21. The number of nitrogen functional groups attached to an aromatic ring is 1. The Balaban J connectivity index is 2.98. The van der Waals surface area contributed by atoms with E-state index in [0.29, 0.717) is 17.0 Å². The number of nitrogens with two attached hydrogens (primary N) is 1. The highest BCUT2D eigenvalue weighted by molar-refractivity contribution is 5.96. The highest BCUT2D eigenvalue weighted by Gasteiger charge is 2.07. The van der Waals surface area contributed by atoms with Crippen LogP contribution in [0.5, 0.6) is 5.75 Å². The van der Waals surface area contributed by atoms with Gasteiger partial charge >= 0.3 is 0 Å². The second-order valence-electron chi connectivity index (χ2n) is 2.52. The minimum atomic E-state index is -0.484. The van der Waals surface area contributed by atoms with Crippen molar-refractivity contribution in [3.8, 4) is 11.9 Å². The van der Waals surface area contributed by atoms with E-state index in [1.54, 1.807) is 12.3 Å². The number of ether oxygens (including phenoxy) is 1. The number of benzene rings is 1. The van der Waals surface area contributed by atoms with Gasteiger partial charge in [0.25, 0.3) is 5.91 Å². The standard InChI is InChI=1S/C9H9N3O2/c1-14-8-3-2-6(4-7(8)11)9(13)12-5-10/h2-4H,11H2,1H3,(H,12,13). The van der Waals surface area contributed by atoms with E-state index in [9.17, 15) is 4.79 Å². The molecule has 0 aliphatic carbocycles. The van der Waals surface area contributed by atoms with Crippen LogP contribution in [-0.4, -0.2) is 13.0 Å². The molecule has 0 unspecified atom stereocenters. The molecule has 72 valence electrons. The SMILES string of the molecule is COc1ccc(C(=O)NC#N)cc1N. The number of nitrogens with zero attached hydrogens (tertiary/aromatic N) is 1. The first-order chi connectivity index (χ1) is 6.69. The topological polar surface area (TPSA) is 88.1 Å². The first-order valence-electron chi connectivity index (χ1n) is 3.82. The molecule has 0 heterocycles. The molecule has 0 atom stereocenters. The predicted octanol–water partition coefficient (Wildman–Crippen LogP) is 0.488. The van der Waals surface area contributed by atoms with E-state index < -0.39 is 5.91 Å². The number of hydrogen-bond donors (Lipinski definition) is 2. The second kappa shape index (κ2) is 4.14. The lowest BCUT2D eigenvalue weighted by molar-refractivity contribution is 0.0973. The highest BCUT2D eigenvalue weighted by atomic mass is 16.5. The molecular weight excluding hydrogens is 182 g/mol. The summed E-state index contributed by atoms with van der Waals surface area (Å²) in [6, 6.07) is 4.55. The van der Waals surface area contributed by atoms with E-state index >= 15 is 0 Å². The van der Waals surface area contributed by atoms with Crippen molar-refractivity contribution in [3.05, 3.63) is 23.8 Å². The first kappa shape index (κ1) is 9.86. The summed E-state index contributed by atoms with van der Waals surface area (Å²) < 4.78 is 4.92. The summed E-state index contributed by atoms with van der Waals surface area (Å²) in [5.41, 5.74) is 6.26. The average molecular weight is 191 g/mol. The zero-order chi connectivity index (χ0) is 10.6. The summed E-state index contributed by atoms with van der Waals surface area (Å²) in [4.78, 5) is 11.2. The Morgan fingerprint density at radius 3 is 2.86 bits per heavy atom. The van der Waals surface area contributed by atoms with Crippen LogP contribution in [0.2, 0.25) is 0 Å². The number of hydrogen-bond acceptors (Lipinski definition) is 4. The molecule has 14 heavy (non-hydrogen) atoms. The molecule has 3 N–H and O–H groups in total. The molecule has 0 radical (unpaired) electrons. The van der Waals surface area contributed by atoms with Crippen LogP contribution in [-0.2, 0) is 0 Å². The summed E-state index contributed by atoms with van der Waals surface area (Å²) in [5, 5.41) is 10.2. The van der Waals surface area contributed by atoms with Gasteiger partial charge in [-0.1, -0.05) is 0 Å². The molecule has 5 nitrogen and oxygen atoms in total. The molecule has 1 amide bonds. The van der Waals surface area contributed by atoms with Crippen LogP contribution in [0.4, 0.5) is 5.69 Å². The van der Waals surface area contributed by atoms with Gasteiger partial charge in [-0.15, -0.1) is 0 Å². The van der Waals surface area contributed by atoms with Gasteiger partial charge in [0.15, 0.2) is 6.19 Å². The van der Waals surface area contributed by atoms with Gasteiger partial charge in [-0.25, -0.2) is 0 Å². The minimum Gasteiger partial charge on any atom is -0.495 e. The molecule has 0 aliphatic rings. The normalized spacial score (nSPS) is 8.86. The van der Waals surface area contributed by atoms with Crippen LogP contribution in [0.15, 0.2) is 18.2 Å². The van der Waals surface area contributed by atoms with Crippen LogP contribution in [0, 0.1) is 11.5 Å². The quantitative estimate of drug-likeness (QED) is 0.404. The van der Waals surface area contributed by atoms with Crippen LogP contribution in [0.3, 0.4) is 0 Å². The maximum Gasteiger partial charge on any atom is 0.264 e. The summed E-state index contributed by atoms with van der Waals surface area (Å²) in [6.45, 7) is 0. The zero-order valence-electron chi connectivity index (χ0n) is 7.57. The van der Waals surface area contributed by atoms with Crippen molar-refractivity contribution in [1.29, 1.82) is 5.26 Å². The van der Waals surface area contributed by atoms with E-state index in [1.165, 1.54) is 19.2 Å². The monoisotopic (exact) mass is 191 g/mol. The third kappa shape index (κ3) is 1.93. The number of anilines is 1. The summed E-state index contributed by atoms with van der Waals surface area (Å²) in [5.74, 6) is 0.0142. The summed E-state index contributed by atoms with van der Waals surface area (Å²) >= 11 is 0. The molecule has 0 aromatic heterocycles. The number of carbonyl (C=O) groups excluding carboxylic acids is 1. The van der Waals surface area contributed by atoms with Crippen LogP contribution in [0.25, 0.3) is 0 Å². The number of nitriles is 1. The molecule has 0 aliphatic heterocycles. The van der Waals surface area contributed by atoms with Gasteiger partial charge in [0.1, 0.15) is 5.75 Å². The third-order valence-electron chi connectivity index (χ3n) is 1.66. The Kier molecular flexibility index (Phi) is 2.92. The van der Waals surface area contributed by atoms with E-state index in [1.807, 2.05) is 5.32 Å².